The Balaban J connectivity index is 1.10. The van der Waals surface area contributed by atoms with Crippen molar-refractivity contribution in [2.75, 3.05) is 27.4 Å². The lowest BCUT2D eigenvalue weighted by Gasteiger charge is -2.37. The fourth-order valence-electron chi connectivity index (χ4n) is 5.65. The molecule has 13 nitrogen and oxygen atoms in total. The zero-order valence-corrected chi connectivity index (χ0v) is 28.1. The zero-order valence-electron chi connectivity index (χ0n) is 28.1. The van der Waals surface area contributed by atoms with Gasteiger partial charge in [-0.25, -0.2) is 0 Å². The van der Waals surface area contributed by atoms with Crippen molar-refractivity contribution in [3.05, 3.63) is 54.3 Å². The Morgan fingerprint density at radius 1 is 0.755 bits per heavy atom. The first-order valence-electron chi connectivity index (χ1n) is 16.8. The molecule has 5 atom stereocenters. The summed E-state index contributed by atoms with van der Waals surface area (Å²) in [4.78, 5) is 24.9. The molecule has 1 aliphatic rings. The molecule has 2 heterocycles. The predicted octanol–water partition coefficient (Wildman–Crippen LogP) is 3.54. The number of methoxy groups -OCH3 is 2. The van der Waals surface area contributed by atoms with Gasteiger partial charge in [-0.15, -0.1) is 0 Å². The fourth-order valence-corrected chi connectivity index (χ4v) is 5.65. The maximum atomic E-state index is 12.9. The van der Waals surface area contributed by atoms with E-state index in [0.717, 1.165) is 73.1 Å². The van der Waals surface area contributed by atoms with Crippen molar-refractivity contribution in [2.24, 2.45) is 0 Å². The Morgan fingerprint density at radius 2 is 1.33 bits per heavy atom. The number of benzene rings is 2. The number of aliphatic hydroxyl groups excluding tert-OH is 4. The van der Waals surface area contributed by atoms with Gasteiger partial charge in [-0.2, -0.15) is 0 Å². The number of amides is 1. The van der Waals surface area contributed by atoms with E-state index >= 15 is 0 Å². The lowest BCUT2D eigenvalue weighted by Crippen LogP contribution is -2.58. The van der Waals surface area contributed by atoms with E-state index in [9.17, 15) is 30.0 Å². The molecule has 4 rings (SSSR count). The molecule has 49 heavy (non-hydrogen) atoms. The number of hydrogen-bond donors (Lipinski definition) is 5. The highest BCUT2D eigenvalue weighted by atomic mass is 16.6. The molecule has 0 spiro atoms. The van der Waals surface area contributed by atoms with Gasteiger partial charge in [0.05, 0.1) is 26.2 Å². The van der Waals surface area contributed by atoms with Crippen molar-refractivity contribution in [3.63, 3.8) is 0 Å². The summed E-state index contributed by atoms with van der Waals surface area (Å²) in [5.74, 6) is 1.35. The third-order valence-electron chi connectivity index (χ3n) is 8.55. The van der Waals surface area contributed by atoms with Crippen LogP contribution in [0, 0.1) is 0 Å². The second-order valence-corrected chi connectivity index (χ2v) is 12.1. The summed E-state index contributed by atoms with van der Waals surface area (Å²) in [5, 5.41) is 46.0. The van der Waals surface area contributed by atoms with Crippen molar-refractivity contribution in [2.45, 2.75) is 94.9 Å². The van der Waals surface area contributed by atoms with Gasteiger partial charge >= 0.3 is 5.97 Å². The minimum atomic E-state index is -1.66. The van der Waals surface area contributed by atoms with E-state index in [-0.39, 0.29) is 25.4 Å². The Kier molecular flexibility index (Phi) is 14.8. The van der Waals surface area contributed by atoms with Crippen molar-refractivity contribution >= 4 is 11.9 Å². The van der Waals surface area contributed by atoms with Crippen LogP contribution in [0.2, 0.25) is 0 Å². The summed E-state index contributed by atoms with van der Waals surface area (Å²) in [7, 11) is 3.22. The molecular weight excluding hydrogens is 636 g/mol. The molecule has 13 heteroatoms. The number of aromatic nitrogens is 1. The summed E-state index contributed by atoms with van der Waals surface area (Å²) in [6.07, 6.45) is 0.333. The average Bonchev–Trinajstić information content (AvgIpc) is 3.53. The SMILES string of the molecule is COc1ccc(-c2noc(CC(=O)NCCCCCCCCCCC(=O)OCC3OC(O)C(O)C(O)C3O)c2-c2ccc(OC)cc2)cc1. The highest BCUT2D eigenvalue weighted by molar-refractivity contribution is 5.86. The lowest BCUT2D eigenvalue weighted by atomic mass is 9.98. The monoisotopic (exact) mass is 684 g/mol. The summed E-state index contributed by atoms with van der Waals surface area (Å²) < 4.78 is 26.4. The molecule has 1 fully saturated rings. The number of unbranched alkanes of at least 4 members (excludes halogenated alkanes) is 7. The fraction of sp³-hybridized carbons (Fsp3) is 0.528. The second-order valence-electron chi connectivity index (χ2n) is 12.1. The van der Waals surface area contributed by atoms with Gasteiger partial charge in [0.2, 0.25) is 5.91 Å². The molecule has 1 aliphatic heterocycles. The maximum Gasteiger partial charge on any atom is 0.305 e. The Labute approximate surface area is 286 Å². The van der Waals surface area contributed by atoms with E-state index < -0.39 is 36.7 Å². The van der Waals surface area contributed by atoms with Gasteiger partial charge in [-0.3, -0.25) is 9.59 Å². The van der Waals surface area contributed by atoms with Crippen LogP contribution >= 0.6 is 0 Å². The Bertz CT molecular complexity index is 1440. The Morgan fingerprint density at radius 3 is 1.94 bits per heavy atom. The highest BCUT2D eigenvalue weighted by Gasteiger charge is 2.43. The normalized spacial score (nSPS) is 20.5. The summed E-state index contributed by atoms with van der Waals surface area (Å²) >= 11 is 0. The molecular formula is C36H48N2O11. The van der Waals surface area contributed by atoms with E-state index in [1.807, 2.05) is 48.5 Å². The maximum absolute atomic E-state index is 12.9. The van der Waals surface area contributed by atoms with Gasteiger partial charge in [0.15, 0.2) is 12.1 Å². The number of hydrogen-bond acceptors (Lipinski definition) is 12. The molecule has 5 N–H and O–H groups in total. The summed E-state index contributed by atoms with van der Waals surface area (Å²) in [5.41, 5.74) is 3.12. The molecule has 2 aromatic carbocycles. The first kappa shape index (κ1) is 37.8. The van der Waals surface area contributed by atoms with Crippen LogP contribution in [0.3, 0.4) is 0 Å². The average molecular weight is 685 g/mol. The first-order chi connectivity index (χ1) is 23.7. The van der Waals surface area contributed by atoms with Crippen molar-refractivity contribution in [1.82, 2.24) is 10.5 Å². The third-order valence-corrected chi connectivity index (χ3v) is 8.55. The van der Waals surface area contributed by atoms with Crippen LogP contribution in [0.5, 0.6) is 11.5 Å². The van der Waals surface area contributed by atoms with E-state index in [4.69, 9.17) is 23.5 Å². The van der Waals surface area contributed by atoms with Crippen LogP contribution < -0.4 is 14.8 Å². The standard InChI is InChI=1S/C36H48N2O11/c1-45-25-16-12-23(13-17-25)31-27(49-38-32(31)24-14-18-26(46-2)19-15-24)21-29(39)37-20-10-8-6-4-3-5-7-9-11-30(40)47-22-28-33(41)34(42)35(43)36(44)48-28/h12-19,28,33-36,41-44H,3-11,20-22H2,1-2H3,(H,37,39). The van der Waals surface area contributed by atoms with Crippen LogP contribution in [-0.4, -0.2) is 95.5 Å². The van der Waals surface area contributed by atoms with Gasteiger partial charge in [0.25, 0.3) is 0 Å². The predicted molar refractivity (Wildman–Crippen MR) is 179 cm³/mol. The summed E-state index contributed by atoms with van der Waals surface area (Å²) in [6.45, 7) is 0.247. The van der Waals surface area contributed by atoms with Crippen LogP contribution in [-0.2, 0) is 25.5 Å². The number of rotatable bonds is 19. The summed E-state index contributed by atoms with van der Waals surface area (Å²) in [6, 6.07) is 15.1. The zero-order chi connectivity index (χ0) is 35.2. The van der Waals surface area contributed by atoms with Gasteiger partial charge in [0.1, 0.15) is 48.2 Å². The number of ether oxygens (including phenoxy) is 4. The first-order valence-corrected chi connectivity index (χ1v) is 16.8. The minimum absolute atomic E-state index is 0.0603. The van der Waals surface area contributed by atoms with Crippen molar-refractivity contribution < 1.29 is 53.5 Å². The van der Waals surface area contributed by atoms with E-state index in [1.165, 1.54) is 0 Å². The van der Waals surface area contributed by atoms with Gasteiger partial charge in [0, 0.05) is 18.5 Å². The number of carbonyl (C=O) groups excluding carboxylic acids is 2. The molecule has 0 aliphatic carbocycles. The Hall–Kier alpha value is -4.01. The largest absolute Gasteiger partial charge is 0.497 e. The third kappa shape index (κ3) is 11.0. The quantitative estimate of drug-likeness (QED) is 0.0914. The minimum Gasteiger partial charge on any atom is -0.497 e. The molecule has 5 unspecified atom stereocenters. The number of esters is 1. The van der Waals surface area contributed by atoms with E-state index in [2.05, 4.69) is 10.5 Å². The molecule has 1 aromatic heterocycles. The van der Waals surface area contributed by atoms with Crippen LogP contribution in [0.4, 0.5) is 0 Å². The smallest absolute Gasteiger partial charge is 0.305 e. The van der Waals surface area contributed by atoms with Crippen LogP contribution in [0.15, 0.2) is 53.1 Å². The molecule has 268 valence electrons. The molecule has 0 saturated carbocycles. The topological polar surface area (TPSA) is 190 Å². The lowest BCUT2D eigenvalue weighted by molar-refractivity contribution is -0.287. The van der Waals surface area contributed by atoms with Crippen molar-refractivity contribution in [3.8, 4) is 33.9 Å². The second kappa shape index (κ2) is 19.2. The van der Waals surface area contributed by atoms with Gasteiger partial charge in [-0.05, 0) is 54.8 Å². The molecule has 0 radical (unpaired) electrons. The number of aliphatic hydroxyl groups is 4. The van der Waals surface area contributed by atoms with E-state index in [0.29, 0.717) is 24.4 Å². The molecule has 3 aromatic rings. The van der Waals surface area contributed by atoms with Crippen LogP contribution in [0.1, 0.15) is 63.5 Å². The number of nitrogens with zero attached hydrogens (tertiary/aromatic N) is 1. The van der Waals surface area contributed by atoms with Gasteiger partial charge < -0.3 is 49.2 Å². The number of carbonyl (C=O) groups is 2. The molecule has 1 amide bonds. The molecule has 0 bridgehead atoms. The van der Waals surface area contributed by atoms with Gasteiger partial charge in [-0.1, -0.05) is 55.8 Å². The van der Waals surface area contributed by atoms with Crippen molar-refractivity contribution in [1.29, 1.82) is 0 Å². The van der Waals surface area contributed by atoms with E-state index in [1.54, 1.807) is 14.2 Å². The number of nitrogens with one attached hydrogen (secondary N) is 1. The molecule has 1 saturated heterocycles. The highest BCUT2D eigenvalue weighted by Crippen LogP contribution is 2.36. The van der Waals surface area contributed by atoms with Crippen LogP contribution in [0.25, 0.3) is 22.4 Å².